The Morgan fingerprint density at radius 1 is 0.917 bits per heavy atom. The molecule has 2 aromatic carbocycles. The molecule has 4 amide bonds. The van der Waals surface area contributed by atoms with E-state index in [-0.39, 0.29) is 24.0 Å². The number of imide groups is 2. The van der Waals surface area contributed by atoms with Gasteiger partial charge in [0.05, 0.1) is 17.5 Å². The second-order valence-corrected chi connectivity index (χ2v) is 11.2. The van der Waals surface area contributed by atoms with Gasteiger partial charge in [0.15, 0.2) is 9.75 Å². The number of rotatable bonds is 2. The van der Waals surface area contributed by atoms with Crippen molar-refractivity contribution in [2.45, 2.75) is 28.5 Å². The van der Waals surface area contributed by atoms with Gasteiger partial charge in [0.1, 0.15) is 5.75 Å². The molecular formula is C27H22Cl2N2O5. The highest BCUT2D eigenvalue weighted by Gasteiger charge is 2.75. The van der Waals surface area contributed by atoms with Crippen molar-refractivity contribution in [2.75, 3.05) is 11.9 Å². The molecule has 1 saturated carbocycles. The SMILES string of the molecule is CN1C(=O)[C@]2(Cl)C[C@@H]3C(=CC[C@@H]4C(=O)N(c5ccccc5)C(=O)[C@@H]43)[C@H](c3cccc(O)c3)[C@]2(Cl)C1=O. The van der Waals surface area contributed by atoms with Gasteiger partial charge in [-0.05, 0) is 48.6 Å². The van der Waals surface area contributed by atoms with Crippen LogP contribution in [0.4, 0.5) is 5.69 Å². The molecular weight excluding hydrogens is 503 g/mol. The Bertz CT molecular complexity index is 1380. The fourth-order valence-corrected chi connectivity index (χ4v) is 7.67. The second kappa shape index (κ2) is 7.67. The van der Waals surface area contributed by atoms with Crippen molar-refractivity contribution in [1.82, 2.24) is 4.90 Å². The number of alkyl halides is 2. The van der Waals surface area contributed by atoms with Gasteiger partial charge in [-0.2, -0.15) is 0 Å². The van der Waals surface area contributed by atoms with E-state index in [1.165, 1.54) is 24.1 Å². The zero-order valence-electron chi connectivity index (χ0n) is 19.2. The molecule has 2 saturated heterocycles. The van der Waals surface area contributed by atoms with E-state index in [1.54, 1.807) is 42.5 Å². The summed E-state index contributed by atoms with van der Waals surface area (Å²) < 4.78 is 0. The minimum Gasteiger partial charge on any atom is -0.508 e. The maximum absolute atomic E-state index is 13.8. The number of hydrogen-bond donors (Lipinski definition) is 1. The molecule has 2 aliphatic heterocycles. The van der Waals surface area contributed by atoms with Crippen molar-refractivity contribution in [3.05, 3.63) is 71.8 Å². The normalized spacial score (nSPS) is 35.5. The van der Waals surface area contributed by atoms with E-state index in [1.807, 2.05) is 6.08 Å². The number of aromatic hydroxyl groups is 1. The fraction of sp³-hybridized carbons (Fsp3) is 0.333. The lowest BCUT2D eigenvalue weighted by atomic mass is 9.56. The van der Waals surface area contributed by atoms with Crippen LogP contribution in [0.5, 0.6) is 5.75 Å². The van der Waals surface area contributed by atoms with Crippen LogP contribution in [0, 0.1) is 17.8 Å². The highest BCUT2D eigenvalue weighted by atomic mass is 35.5. The molecule has 7 nitrogen and oxygen atoms in total. The molecule has 2 heterocycles. The lowest BCUT2D eigenvalue weighted by Gasteiger charge is -2.50. The average Bonchev–Trinajstić information content (AvgIpc) is 3.19. The Hall–Kier alpha value is -3.16. The average molecular weight is 525 g/mol. The third kappa shape index (κ3) is 2.75. The number of allylic oxidation sites excluding steroid dienone is 2. The minimum atomic E-state index is -1.85. The quantitative estimate of drug-likeness (QED) is 0.368. The van der Waals surface area contributed by atoms with Crippen molar-refractivity contribution in [2.24, 2.45) is 17.8 Å². The maximum atomic E-state index is 13.8. The van der Waals surface area contributed by atoms with Crippen molar-refractivity contribution in [3.63, 3.8) is 0 Å². The predicted molar refractivity (Wildman–Crippen MR) is 133 cm³/mol. The molecule has 184 valence electrons. The Morgan fingerprint density at radius 2 is 1.64 bits per heavy atom. The molecule has 6 atom stereocenters. The molecule has 36 heavy (non-hydrogen) atoms. The van der Waals surface area contributed by atoms with Gasteiger partial charge in [0.25, 0.3) is 11.8 Å². The van der Waals surface area contributed by atoms with Crippen LogP contribution in [0.1, 0.15) is 24.3 Å². The standard InChI is InChI=1S/C27H22Cl2N2O5/c1-30-24(35)26(28)13-19-17(21(27(26,29)25(30)36)14-6-5-9-16(32)12-14)10-11-18-20(19)23(34)31(22(18)33)15-7-3-2-4-8-15/h2-10,12,18-21,32H,11,13H2,1H3/t18-,19+,20-,21-,26+,27-/m0/s1. The van der Waals surface area contributed by atoms with Gasteiger partial charge < -0.3 is 5.11 Å². The van der Waals surface area contributed by atoms with E-state index in [0.29, 0.717) is 23.2 Å². The highest BCUT2D eigenvalue weighted by Crippen LogP contribution is 2.65. The lowest BCUT2D eigenvalue weighted by molar-refractivity contribution is -0.138. The van der Waals surface area contributed by atoms with E-state index in [4.69, 9.17) is 23.2 Å². The van der Waals surface area contributed by atoms with E-state index < -0.39 is 45.2 Å². The third-order valence-electron chi connectivity index (χ3n) is 8.23. The first-order chi connectivity index (χ1) is 17.1. The van der Waals surface area contributed by atoms with Gasteiger partial charge >= 0.3 is 0 Å². The number of amides is 4. The molecule has 9 heteroatoms. The summed E-state index contributed by atoms with van der Waals surface area (Å²) >= 11 is 14.2. The molecule has 2 aliphatic carbocycles. The number of hydrogen-bond acceptors (Lipinski definition) is 5. The van der Waals surface area contributed by atoms with Gasteiger partial charge in [0.2, 0.25) is 11.8 Å². The summed E-state index contributed by atoms with van der Waals surface area (Å²) in [5.41, 5.74) is 1.70. The largest absolute Gasteiger partial charge is 0.508 e. The summed E-state index contributed by atoms with van der Waals surface area (Å²) in [6, 6.07) is 15.1. The molecule has 0 unspecified atom stereocenters. The Morgan fingerprint density at radius 3 is 2.33 bits per heavy atom. The van der Waals surface area contributed by atoms with E-state index in [2.05, 4.69) is 0 Å². The van der Waals surface area contributed by atoms with Crippen LogP contribution in [-0.4, -0.2) is 50.4 Å². The monoisotopic (exact) mass is 524 g/mol. The number of carbonyl (C=O) groups is 4. The van der Waals surface area contributed by atoms with Crippen molar-refractivity contribution >= 4 is 52.5 Å². The minimum absolute atomic E-state index is 0.0307. The van der Waals surface area contributed by atoms with Crippen LogP contribution in [-0.2, 0) is 19.2 Å². The first-order valence-corrected chi connectivity index (χ1v) is 12.5. The summed E-state index contributed by atoms with van der Waals surface area (Å²) in [5, 5.41) is 10.2. The van der Waals surface area contributed by atoms with E-state index >= 15 is 0 Å². The number of nitrogens with zero attached hydrogens (tertiary/aromatic N) is 2. The van der Waals surface area contributed by atoms with Gasteiger partial charge in [-0.25, -0.2) is 0 Å². The van der Waals surface area contributed by atoms with Crippen LogP contribution in [0.2, 0.25) is 0 Å². The molecule has 0 spiro atoms. The number of anilines is 1. The van der Waals surface area contributed by atoms with Gasteiger partial charge in [-0.1, -0.05) is 42.0 Å². The number of halogens is 2. The first kappa shape index (κ1) is 23.3. The number of carbonyl (C=O) groups excluding carboxylic acids is 4. The summed E-state index contributed by atoms with van der Waals surface area (Å²) in [7, 11) is 1.35. The lowest BCUT2D eigenvalue weighted by Crippen LogP contribution is -2.60. The summed E-state index contributed by atoms with van der Waals surface area (Å²) in [6.07, 6.45) is 2.10. The highest BCUT2D eigenvalue weighted by molar-refractivity contribution is 6.53. The van der Waals surface area contributed by atoms with Crippen LogP contribution in [0.25, 0.3) is 0 Å². The van der Waals surface area contributed by atoms with Gasteiger partial charge in [-0.15, -0.1) is 23.2 Å². The smallest absolute Gasteiger partial charge is 0.253 e. The van der Waals surface area contributed by atoms with E-state index in [0.717, 1.165) is 4.90 Å². The number of fused-ring (bicyclic) bond motifs is 4. The van der Waals surface area contributed by atoms with Gasteiger partial charge in [-0.3, -0.25) is 29.0 Å². The Balaban J connectivity index is 1.53. The molecule has 0 aromatic heterocycles. The first-order valence-electron chi connectivity index (χ1n) is 11.7. The maximum Gasteiger partial charge on any atom is 0.253 e. The van der Waals surface area contributed by atoms with Crippen LogP contribution < -0.4 is 4.90 Å². The number of likely N-dealkylation sites (tertiary alicyclic amines) is 1. The molecule has 2 aromatic rings. The zero-order chi connectivity index (χ0) is 25.6. The predicted octanol–water partition coefficient (Wildman–Crippen LogP) is 3.59. The van der Waals surface area contributed by atoms with Crippen LogP contribution in [0.3, 0.4) is 0 Å². The van der Waals surface area contributed by atoms with Gasteiger partial charge in [0, 0.05) is 13.0 Å². The van der Waals surface area contributed by atoms with E-state index in [9.17, 15) is 24.3 Å². The Kier molecular flexibility index (Phi) is 4.95. The molecule has 4 aliphatic rings. The third-order valence-corrected chi connectivity index (χ3v) is 9.65. The number of phenols is 1. The van der Waals surface area contributed by atoms with Crippen LogP contribution >= 0.6 is 23.2 Å². The van der Waals surface area contributed by atoms with Crippen LogP contribution in [0.15, 0.2) is 66.2 Å². The number of benzene rings is 2. The van der Waals surface area contributed by atoms with Crippen molar-refractivity contribution in [3.8, 4) is 5.75 Å². The summed E-state index contributed by atoms with van der Waals surface area (Å²) in [5.74, 6) is -4.76. The van der Waals surface area contributed by atoms with Crippen molar-refractivity contribution < 1.29 is 24.3 Å². The molecule has 1 N–H and O–H groups in total. The Labute approximate surface area is 217 Å². The second-order valence-electron chi connectivity index (χ2n) is 9.94. The fourth-order valence-electron chi connectivity index (χ4n) is 6.65. The number of para-hydroxylation sites is 1. The summed E-state index contributed by atoms with van der Waals surface area (Å²) in [6.45, 7) is 0. The zero-order valence-corrected chi connectivity index (χ0v) is 20.7. The molecule has 0 radical (unpaired) electrons. The summed E-state index contributed by atoms with van der Waals surface area (Å²) in [4.78, 5) is 52.5. The topological polar surface area (TPSA) is 95.0 Å². The molecule has 6 rings (SSSR count). The molecule has 0 bridgehead atoms. The number of phenolic OH excluding ortho intramolecular Hbond substituents is 1. The van der Waals surface area contributed by atoms with Crippen molar-refractivity contribution in [1.29, 1.82) is 0 Å². The molecule has 3 fully saturated rings.